The lowest BCUT2D eigenvalue weighted by molar-refractivity contribution is 0.102. The van der Waals surface area contributed by atoms with Gasteiger partial charge < -0.3 is 10.1 Å². The number of carbonyl (C=O) groups excluding carboxylic acids is 1. The van der Waals surface area contributed by atoms with Gasteiger partial charge in [-0.15, -0.1) is 0 Å². The molecular formula is C19H16BrNO2. The highest BCUT2D eigenvalue weighted by Gasteiger charge is 2.11. The standard InChI is InChI=1S/C19H16BrNO2/c1-2-23-18-11-10-14(12-16(18)20)19(22)21-17-9-5-7-13-6-3-4-8-15(13)17/h3-12H,2H2,1H3,(H,21,22). The fourth-order valence-electron chi connectivity index (χ4n) is 2.44. The number of amides is 1. The van der Waals surface area contributed by atoms with Crippen molar-refractivity contribution in [1.29, 1.82) is 0 Å². The summed E-state index contributed by atoms with van der Waals surface area (Å²) in [6.07, 6.45) is 0. The minimum absolute atomic E-state index is 0.148. The Bertz CT molecular complexity index is 856. The Balaban J connectivity index is 1.88. The van der Waals surface area contributed by atoms with Gasteiger partial charge >= 0.3 is 0 Å². The van der Waals surface area contributed by atoms with E-state index in [1.54, 1.807) is 18.2 Å². The average molecular weight is 370 g/mol. The van der Waals surface area contributed by atoms with Gasteiger partial charge in [-0.25, -0.2) is 0 Å². The van der Waals surface area contributed by atoms with E-state index in [4.69, 9.17) is 4.74 Å². The Kier molecular flexibility index (Phi) is 4.63. The zero-order chi connectivity index (χ0) is 16.2. The van der Waals surface area contributed by atoms with Crippen LogP contribution in [0.15, 0.2) is 65.1 Å². The third-order valence-corrected chi connectivity index (χ3v) is 4.15. The van der Waals surface area contributed by atoms with Gasteiger partial charge in [0.15, 0.2) is 0 Å². The molecule has 0 atom stereocenters. The van der Waals surface area contributed by atoms with E-state index in [0.29, 0.717) is 12.2 Å². The maximum absolute atomic E-state index is 12.5. The summed E-state index contributed by atoms with van der Waals surface area (Å²) in [6.45, 7) is 2.51. The van der Waals surface area contributed by atoms with Gasteiger partial charge in [0, 0.05) is 16.6 Å². The molecule has 1 amide bonds. The first-order valence-electron chi connectivity index (χ1n) is 7.40. The van der Waals surface area contributed by atoms with Gasteiger partial charge in [-0.05, 0) is 52.5 Å². The van der Waals surface area contributed by atoms with Crippen LogP contribution < -0.4 is 10.1 Å². The fourth-order valence-corrected chi connectivity index (χ4v) is 2.94. The van der Waals surface area contributed by atoms with E-state index in [1.807, 2.05) is 49.4 Å². The molecule has 116 valence electrons. The number of anilines is 1. The molecule has 0 aliphatic heterocycles. The average Bonchev–Trinajstić information content (AvgIpc) is 2.57. The van der Waals surface area contributed by atoms with Gasteiger partial charge in [0.2, 0.25) is 0 Å². The van der Waals surface area contributed by atoms with E-state index in [0.717, 1.165) is 26.7 Å². The fraction of sp³-hybridized carbons (Fsp3) is 0.105. The number of ether oxygens (including phenoxy) is 1. The number of carbonyl (C=O) groups is 1. The second-order valence-corrected chi connectivity index (χ2v) is 5.91. The summed E-state index contributed by atoms with van der Waals surface area (Å²) in [5, 5.41) is 5.10. The van der Waals surface area contributed by atoms with E-state index < -0.39 is 0 Å². The van der Waals surface area contributed by atoms with E-state index in [2.05, 4.69) is 21.2 Å². The summed E-state index contributed by atoms with van der Waals surface area (Å²) < 4.78 is 6.24. The predicted molar refractivity (Wildman–Crippen MR) is 97.2 cm³/mol. The van der Waals surface area contributed by atoms with Crippen LogP contribution in [0.25, 0.3) is 10.8 Å². The monoisotopic (exact) mass is 369 g/mol. The molecular weight excluding hydrogens is 354 g/mol. The molecule has 0 aliphatic rings. The molecule has 0 heterocycles. The molecule has 0 bridgehead atoms. The van der Waals surface area contributed by atoms with Gasteiger partial charge in [-0.1, -0.05) is 36.4 Å². The van der Waals surface area contributed by atoms with Crippen LogP contribution in [0, 0.1) is 0 Å². The van der Waals surface area contributed by atoms with Crippen LogP contribution in [-0.2, 0) is 0 Å². The zero-order valence-electron chi connectivity index (χ0n) is 12.7. The number of nitrogens with one attached hydrogen (secondary N) is 1. The van der Waals surface area contributed by atoms with E-state index >= 15 is 0 Å². The first kappa shape index (κ1) is 15.6. The van der Waals surface area contributed by atoms with Crippen molar-refractivity contribution in [2.45, 2.75) is 6.92 Å². The van der Waals surface area contributed by atoms with Gasteiger partial charge in [0.05, 0.1) is 11.1 Å². The van der Waals surface area contributed by atoms with Crippen molar-refractivity contribution < 1.29 is 9.53 Å². The molecule has 3 aromatic carbocycles. The van der Waals surface area contributed by atoms with Crippen molar-refractivity contribution >= 4 is 38.3 Å². The zero-order valence-corrected chi connectivity index (χ0v) is 14.3. The second-order valence-electron chi connectivity index (χ2n) is 5.06. The maximum atomic E-state index is 12.5. The molecule has 23 heavy (non-hydrogen) atoms. The Hall–Kier alpha value is -2.33. The van der Waals surface area contributed by atoms with Gasteiger partial charge in [-0.3, -0.25) is 4.79 Å². The molecule has 0 saturated carbocycles. The van der Waals surface area contributed by atoms with Crippen LogP contribution in [0.5, 0.6) is 5.75 Å². The van der Waals surface area contributed by atoms with Crippen LogP contribution in [0.1, 0.15) is 17.3 Å². The first-order valence-corrected chi connectivity index (χ1v) is 8.20. The van der Waals surface area contributed by atoms with Crippen molar-refractivity contribution in [3.05, 3.63) is 70.7 Å². The highest BCUT2D eigenvalue weighted by atomic mass is 79.9. The summed E-state index contributed by atoms with van der Waals surface area (Å²) in [6, 6.07) is 19.2. The van der Waals surface area contributed by atoms with Crippen molar-refractivity contribution in [2.75, 3.05) is 11.9 Å². The number of hydrogen-bond acceptors (Lipinski definition) is 2. The van der Waals surface area contributed by atoms with Gasteiger partial charge in [0.25, 0.3) is 5.91 Å². The quantitative estimate of drug-likeness (QED) is 0.681. The highest BCUT2D eigenvalue weighted by Crippen LogP contribution is 2.27. The summed E-state index contributed by atoms with van der Waals surface area (Å²) in [5.41, 5.74) is 1.38. The van der Waals surface area contributed by atoms with E-state index in [9.17, 15) is 4.79 Å². The minimum atomic E-state index is -0.148. The predicted octanol–water partition coefficient (Wildman–Crippen LogP) is 5.25. The van der Waals surface area contributed by atoms with Crippen molar-refractivity contribution in [1.82, 2.24) is 0 Å². The molecule has 3 rings (SSSR count). The molecule has 0 spiro atoms. The highest BCUT2D eigenvalue weighted by molar-refractivity contribution is 9.10. The third kappa shape index (κ3) is 3.37. The second kappa shape index (κ2) is 6.84. The summed E-state index contributed by atoms with van der Waals surface area (Å²) in [5.74, 6) is 0.583. The Morgan fingerprint density at radius 1 is 1.09 bits per heavy atom. The molecule has 3 nitrogen and oxygen atoms in total. The topological polar surface area (TPSA) is 38.3 Å². The Morgan fingerprint density at radius 2 is 1.87 bits per heavy atom. The minimum Gasteiger partial charge on any atom is -0.493 e. The molecule has 1 N–H and O–H groups in total. The first-order chi connectivity index (χ1) is 11.2. The normalized spacial score (nSPS) is 10.5. The van der Waals surface area contributed by atoms with Gasteiger partial charge in [-0.2, -0.15) is 0 Å². The van der Waals surface area contributed by atoms with Gasteiger partial charge in [0.1, 0.15) is 5.75 Å². The number of halogens is 1. The molecule has 0 aromatic heterocycles. The molecule has 3 aromatic rings. The maximum Gasteiger partial charge on any atom is 0.255 e. The largest absolute Gasteiger partial charge is 0.493 e. The third-order valence-electron chi connectivity index (χ3n) is 3.53. The van der Waals surface area contributed by atoms with Crippen LogP contribution in [-0.4, -0.2) is 12.5 Å². The van der Waals surface area contributed by atoms with Crippen molar-refractivity contribution in [2.24, 2.45) is 0 Å². The molecule has 0 unspecified atom stereocenters. The molecule has 0 aliphatic carbocycles. The summed E-state index contributed by atoms with van der Waals surface area (Å²) in [7, 11) is 0. The number of hydrogen-bond donors (Lipinski definition) is 1. The van der Waals surface area contributed by atoms with E-state index in [-0.39, 0.29) is 5.91 Å². The van der Waals surface area contributed by atoms with Crippen molar-refractivity contribution in [3.8, 4) is 5.75 Å². The Morgan fingerprint density at radius 3 is 2.65 bits per heavy atom. The number of fused-ring (bicyclic) bond motifs is 1. The van der Waals surface area contributed by atoms with Crippen LogP contribution in [0.3, 0.4) is 0 Å². The lowest BCUT2D eigenvalue weighted by atomic mass is 10.1. The van der Waals surface area contributed by atoms with Crippen molar-refractivity contribution in [3.63, 3.8) is 0 Å². The van der Waals surface area contributed by atoms with Crippen LogP contribution >= 0.6 is 15.9 Å². The molecule has 4 heteroatoms. The molecule has 0 saturated heterocycles. The Labute approximate surface area is 143 Å². The lowest BCUT2D eigenvalue weighted by Crippen LogP contribution is -2.12. The van der Waals surface area contributed by atoms with Crippen LogP contribution in [0.2, 0.25) is 0 Å². The smallest absolute Gasteiger partial charge is 0.255 e. The summed E-state index contributed by atoms with van der Waals surface area (Å²) in [4.78, 5) is 12.5. The summed E-state index contributed by atoms with van der Waals surface area (Å²) >= 11 is 3.44. The SMILES string of the molecule is CCOc1ccc(C(=O)Nc2cccc3ccccc23)cc1Br. The number of rotatable bonds is 4. The lowest BCUT2D eigenvalue weighted by Gasteiger charge is -2.10. The van der Waals surface area contributed by atoms with Crippen LogP contribution in [0.4, 0.5) is 5.69 Å². The molecule has 0 radical (unpaired) electrons. The molecule has 0 fully saturated rings. The number of benzene rings is 3. The van der Waals surface area contributed by atoms with E-state index in [1.165, 1.54) is 0 Å².